The lowest BCUT2D eigenvalue weighted by atomic mass is 10.2. The monoisotopic (exact) mass is 339 g/mol. The smallest absolute Gasteiger partial charge is 0.140 e. The molecule has 4 heterocycles. The lowest BCUT2D eigenvalue weighted by Gasteiger charge is -2.35. The maximum absolute atomic E-state index is 4.58. The fourth-order valence-corrected chi connectivity index (χ4v) is 4.09. The van der Waals surface area contributed by atoms with Gasteiger partial charge in [0.15, 0.2) is 0 Å². The van der Waals surface area contributed by atoms with E-state index in [9.17, 15) is 0 Å². The van der Waals surface area contributed by atoms with E-state index in [1.807, 2.05) is 12.3 Å². The molecule has 6 heteroatoms. The first-order valence-corrected chi connectivity index (χ1v) is 9.26. The number of aryl methyl sites for hydroxylation is 1. The zero-order chi connectivity index (χ0) is 16.4. The van der Waals surface area contributed by atoms with Crippen LogP contribution in [-0.2, 0) is 13.0 Å². The molecule has 0 aliphatic carbocycles. The Morgan fingerprint density at radius 1 is 1.08 bits per heavy atom. The highest BCUT2D eigenvalue weighted by Gasteiger charge is 2.21. The lowest BCUT2D eigenvalue weighted by molar-refractivity contribution is 0.247. The average molecular weight is 339 g/mol. The van der Waals surface area contributed by atoms with E-state index in [2.05, 4.69) is 49.9 Å². The van der Waals surface area contributed by atoms with E-state index in [-0.39, 0.29) is 0 Å². The van der Waals surface area contributed by atoms with Crippen molar-refractivity contribution in [2.75, 3.05) is 31.1 Å². The van der Waals surface area contributed by atoms with Gasteiger partial charge < -0.3 is 4.90 Å². The molecule has 0 amide bonds. The van der Waals surface area contributed by atoms with Gasteiger partial charge in [0, 0.05) is 43.8 Å². The Balaban J connectivity index is 1.47. The van der Waals surface area contributed by atoms with Crippen LogP contribution in [0.1, 0.15) is 17.5 Å². The first-order chi connectivity index (χ1) is 11.8. The number of rotatable bonds is 4. The van der Waals surface area contributed by atoms with E-state index in [4.69, 9.17) is 0 Å². The molecule has 0 saturated carbocycles. The molecule has 0 bridgehead atoms. The van der Waals surface area contributed by atoms with Crippen molar-refractivity contribution < 1.29 is 0 Å². The van der Waals surface area contributed by atoms with E-state index in [1.54, 1.807) is 17.7 Å². The molecule has 0 aromatic carbocycles. The minimum atomic E-state index is 0.923. The predicted octanol–water partition coefficient (Wildman–Crippen LogP) is 2.97. The second kappa shape index (κ2) is 6.83. The number of aromatic nitrogens is 3. The normalized spacial score (nSPS) is 16.0. The van der Waals surface area contributed by atoms with E-state index in [1.165, 1.54) is 10.3 Å². The molecule has 0 atom stereocenters. The van der Waals surface area contributed by atoms with Crippen LogP contribution in [0, 0.1) is 0 Å². The SMILES string of the molecule is CCc1cc2c(N3CCN(Cc4ccccn4)CC3)ncnc2s1. The molecule has 124 valence electrons. The van der Waals surface area contributed by atoms with Gasteiger partial charge in [-0.2, -0.15) is 0 Å². The van der Waals surface area contributed by atoms with Crippen molar-refractivity contribution in [3.05, 3.63) is 47.4 Å². The van der Waals surface area contributed by atoms with Gasteiger partial charge in [-0.15, -0.1) is 11.3 Å². The molecule has 0 spiro atoms. The number of hydrogen-bond donors (Lipinski definition) is 0. The molecule has 0 unspecified atom stereocenters. The molecule has 1 aliphatic rings. The van der Waals surface area contributed by atoms with Gasteiger partial charge in [0.25, 0.3) is 0 Å². The predicted molar refractivity (Wildman–Crippen MR) is 98.5 cm³/mol. The number of thiophene rings is 1. The molecule has 4 rings (SSSR count). The number of nitrogens with zero attached hydrogens (tertiary/aromatic N) is 5. The van der Waals surface area contributed by atoms with Gasteiger partial charge in [-0.05, 0) is 24.6 Å². The van der Waals surface area contributed by atoms with E-state index < -0.39 is 0 Å². The summed E-state index contributed by atoms with van der Waals surface area (Å²) in [6.07, 6.45) is 4.62. The van der Waals surface area contributed by atoms with Crippen LogP contribution < -0.4 is 4.90 Å². The van der Waals surface area contributed by atoms with Crippen LogP contribution in [0.15, 0.2) is 36.8 Å². The lowest BCUT2D eigenvalue weighted by Crippen LogP contribution is -2.46. The van der Waals surface area contributed by atoms with Crippen LogP contribution in [0.2, 0.25) is 0 Å². The first kappa shape index (κ1) is 15.5. The fraction of sp³-hybridized carbons (Fsp3) is 0.389. The van der Waals surface area contributed by atoms with Crippen molar-refractivity contribution in [1.29, 1.82) is 0 Å². The second-order valence-corrected chi connectivity index (χ2v) is 7.18. The summed E-state index contributed by atoms with van der Waals surface area (Å²) in [4.78, 5) is 20.8. The van der Waals surface area contributed by atoms with Crippen LogP contribution in [0.4, 0.5) is 5.82 Å². The number of hydrogen-bond acceptors (Lipinski definition) is 6. The topological polar surface area (TPSA) is 45.2 Å². The quantitative estimate of drug-likeness (QED) is 0.731. The van der Waals surface area contributed by atoms with Crippen molar-refractivity contribution >= 4 is 27.4 Å². The van der Waals surface area contributed by atoms with Gasteiger partial charge in [-0.3, -0.25) is 9.88 Å². The molecular weight excluding hydrogens is 318 g/mol. The highest BCUT2D eigenvalue weighted by Crippen LogP contribution is 2.30. The van der Waals surface area contributed by atoms with Crippen LogP contribution in [0.25, 0.3) is 10.2 Å². The summed E-state index contributed by atoms with van der Waals surface area (Å²) >= 11 is 1.78. The summed E-state index contributed by atoms with van der Waals surface area (Å²) in [5.41, 5.74) is 1.14. The van der Waals surface area contributed by atoms with Gasteiger partial charge >= 0.3 is 0 Å². The van der Waals surface area contributed by atoms with Gasteiger partial charge in [0.1, 0.15) is 17.0 Å². The van der Waals surface area contributed by atoms with Crippen LogP contribution in [0.3, 0.4) is 0 Å². The molecule has 3 aromatic heterocycles. The molecule has 3 aromatic rings. The van der Waals surface area contributed by atoms with Crippen LogP contribution in [0.5, 0.6) is 0 Å². The zero-order valence-electron chi connectivity index (χ0n) is 13.9. The molecule has 5 nitrogen and oxygen atoms in total. The molecule has 1 aliphatic heterocycles. The Morgan fingerprint density at radius 2 is 1.96 bits per heavy atom. The summed E-state index contributed by atoms with van der Waals surface area (Å²) in [7, 11) is 0. The largest absolute Gasteiger partial charge is 0.353 e. The number of fused-ring (bicyclic) bond motifs is 1. The first-order valence-electron chi connectivity index (χ1n) is 8.44. The molecular formula is C18H21N5S. The molecule has 0 N–H and O–H groups in total. The standard InChI is InChI=1S/C18H21N5S/c1-2-15-11-16-17(20-13-21-18(16)24-15)23-9-7-22(8-10-23)12-14-5-3-4-6-19-14/h3-6,11,13H,2,7-10,12H2,1H3. The second-order valence-electron chi connectivity index (χ2n) is 6.07. The van der Waals surface area contributed by atoms with E-state index >= 15 is 0 Å². The van der Waals surface area contributed by atoms with Gasteiger partial charge in [-0.1, -0.05) is 13.0 Å². The van der Waals surface area contributed by atoms with Crippen LogP contribution in [-0.4, -0.2) is 46.0 Å². The summed E-state index contributed by atoms with van der Waals surface area (Å²) in [5.74, 6) is 1.09. The minimum absolute atomic E-state index is 0.923. The van der Waals surface area contributed by atoms with E-state index in [0.717, 1.165) is 55.5 Å². The van der Waals surface area contributed by atoms with Gasteiger partial charge in [0.05, 0.1) is 11.1 Å². The third-order valence-electron chi connectivity index (χ3n) is 4.49. The minimum Gasteiger partial charge on any atom is -0.353 e. The summed E-state index contributed by atoms with van der Waals surface area (Å²) in [6, 6.07) is 8.37. The molecule has 1 saturated heterocycles. The maximum Gasteiger partial charge on any atom is 0.140 e. The van der Waals surface area contributed by atoms with Crippen molar-refractivity contribution in [1.82, 2.24) is 19.9 Å². The van der Waals surface area contributed by atoms with Crippen molar-refractivity contribution in [3.8, 4) is 0 Å². The highest BCUT2D eigenvalue weighted by molar-refractivity contribution is 7.18. The van der Waals surface area contributed by atoms with E-state index in [0.29, 0.717) is 0 Å². The van der Waals surface area contributed by atoms with Crippen molar-refractivity contribution in [3.63, 3.8) is 0 Å². The maximum atomic E-state index is 4.58. The third kappa shape index (κ3) is 3.12. The molecule has 0 radical (unpaired) electrons. The summed E-state index contributed by atoms with van der Waals surface area (Å²) in [5, 5.41) is 1.21. The number of pyridine rings is 1. The average Bonchev–Trinajstić information content (AvgIpc) is 3.07. The Labute approximate surface area is 146 Å². The zero-order valence-corrected chi connectivity index (χ0v) is 14.7. The van der Waals surface area contributed by atoms with Crippen molar-refractivity contribution in [2.45, 2.75) is 19.9 Å². The Bertz CT molecular complexity index is 809. The van der Waals surface area contributed by atoms with Gasteiger partial charge in [-0.25, -0.2) is 9.97 Å². The highest BCUT2D eigenvalue weighted by atomic mass is 32.1. The fourth-order valence-electron chi connectivity index (χ4n) is 3.16. The van der Waals surface area contributed by atoms with Crippen molar-refractivity contribution in [2.24, 2.45) is 0 Å². The molecule has 1 fully saturated rings. The molecule has 24 heavy (non-hydrogen) atoms. The Hall–Kier alpha value is -2.05. The summed E-state index contributed by atoms with van der Waals surface area (Å²) in [6.45, 7) is 7.17. The summed E-state index contributed by atoms with van der Waals surface area (Å²) < 4.78 is 0. The third-order valence-corrected chi connectivity index (χ3v) is 5.68. The number of anilines is 1. The van der Waals surface area contributed by atoms with Gasteiger partial charge in [0.2, 0.25) is 0 Å². The Kier molecular flexibility index (Phi) is 4.40. The van der Waals surface area contributed by atoms with Crippen LogP contribution >= 0.6 is 11.3 Å². The Morgan fingerprint density at radius 3 is 2.71 bits per heavy atom. The number of piperazine rings is 1.